The summed E-state index contributed by atoms with van der Waals surface area (Å²) in [4.78, 5) is 29.9. The summed E-state index contributed by atoms with van der Waals surface area (Å²) < 4.78 is 0. The molecule has 1 saturated heterocycles. The molecule has 1 aliphatic heterocycles. The van der Waals surface area contributed by atoms with Gasteiger partial charge in [0, 0.05) is 31.9 Å². The Balaban J connectivity index is 1.58. The van der Waals surface area contributed by atoms with Gasteiger partial charge in [-0.2, -0.15) is 5.26 Å². The van der Waals surface area contributed by atoms with Crippen molar-refractivity contribution in [2.24, 2.45) is 0 Å². The van der Waals surface area contributed by atoms with Gasteiger partial charge in [0.2, 0.25) is 5.91 Å². The van der Waals surface area contributed by atoms with Gasteiger partial charge in [-0.3, -0.25) is 14.5 Å². The SMILES string of the molecule is CC(C(=O)Nc1cccc(C#N)c1)N1CCCN(C(=O)c2cccs2)CC1. The van der Waals surface area contributed by atoms with Crippen LogP contribution >= 0.6 is 11.3 Å². The average molecular weight is 382 g/mol. The van der Waals surface area contributed by atoms with E-state index in [1.54, 1.807) is 24.3 Å². The number of anilines is 1. The molecular weight excluding hydrogens is 360 g/mol. The Labute approximate surface area is 163 Å². The maximum absolute atomic E-state index is 12.6. The molecular formula is C20H22N4O2S. The second-order valence-electron chi connectivity index (χ2n) is 6.52. The summed E-state index contributed by atoms with van der Waals surface area (Å²) in [6, 6.07) is 12.4. The van der Waals surface area contributed by atoms with Crippen molar-refractivity contribution in [1.29, 1.82) is 5.26 Å². The third-order valence-electron chi connectivity index (χ3n) is 4.74. The summed E-state index contributed by atoms with van der Waals surface area (Å²) in [6.07, 6.45) is 0.832. The zero-order valence-electron chi connectivity index (χ0n) is 15.2. The lowest BCUT2D eigenvalue weighted by molar-refractivity contribution is -0.120. The molecule has 140 valence electrons. The van der Waals surface area contributed by atoms with Crippen molar-refractivity contribution in [2.75, 3.05) is 31.5 Å². The Kier molecular flexibility index (Phi) is 6.22. The first-order chi connectivity index (χ1) is 13.1. The fraction of sp³-hybridized carbons (Fsp3) is 0.350. The molecule has 1 N–H and O–H groups in total. The molecule has 1 fully saturated rings. The number of rotatable bonds is 4. The monoisotopic (exact) mass is 382 g/mol. The van der Waals surface area contributed by atoms with Crippen LogP contribution in [0.4, 0.5) is 5.69 Å². The molecule has 27 heavy (non-hydrogen) atoms. The smallest absolute Gasteiger partial charge is 0.263 e. The Bertz CT molecular complexity index is 844. The van der Waals surface area contributed by atoms with Gasteiger partial charge >= 0.3 is 0 Å². The van der Waals surface area contributed by atoms with Crippen molar-refractivity contribution < 1.29 is 9.59 Å². The van der Waals surface area contributed by atoms with Gasteiger partial charge in [-0.15, -0.1) is 11.3 Å². The first-order valence-electron chi connectivity index (χ1n) is 8.96. The average Bonchev–Trinajstić information content (AvgIpc) is 3.11. The van der Waals surface area contributed by atoms with Crippen molar-refractivity contribution in [3.8, 4) is 6.07 Å². The Hall–Kier alpha value is -2.69. The zero-order valence-corrected chi connectivity index (χ0v) is 16.0. The number of carbonyl (C=O) groups excluding carboxylic acids is 2. The van der Waals surface area contributed by atoms with E-state index in [9.17, 15) is 9.59 Å². The lowest BCUT2D eigenvalue weighted by Gasteiger charge is -2.27. The van der Waals surface area contributed by atoms with Crippen molar-refractivity contribution in [1.82, 2.24) is 9.80 Å². The third-order valence-corrected chi connectivity index (χ3v) is 5.59. The molecule has 0 spiro atoms. The summed E-state index contributed by atoms with van der Waals surface area (Å²) >= 11 is 1.46. The highest BCUT2D eigenvalue weighted by Gasteiger charge is 2.26. The van der Waals surface area contributed by atoms with Crippen molar-refractivity contribution >= 4 is 28.8 Å². The lowest BCUT2D eigenvalue weighted by Crippen LogP contribution is -2.44. The standard InChI is InChI=1S/C20H22N4O2S/c1-15(19(25)22-17-6-2-5-16(13-17)14-21)23-8-4-9-24(11-10-23)20(26)18-7-3-12-27-18/h2-3,5-7,12-13,15H,4,8-11H2,1H3,(H,22,25). The van der Waals surface area contributed by atoms with Crippen LogP contribution in [0.2, 0.25) is 0 Å². The molecule has 2 aromatic rings. The van der Waals surface area contributed by atoms with E-state index in [1.807, 2.05) is 29.3 Å². The van der Waals surface area contributed by atoms with Crippen LogP contribution in [0.3, 0.4) is 0 Å². The molecule has 0 radical (unpaired) electrons. The number of benzene rings is 1. The quantitative estimate of drug-likeness (QED) is 0.882. The molecule has 2 heterocycles. The van der Waals surface area contributed by atoms with Crippen molar-refractivity contribution in [2.45, 2.75) is 19.4 Å². The molecule has 1 atom stereocenters. The molecule has 0 bridgehead atoms. The largest absolute Gasteiger partial charge is 0.337 e. The summed E-state index contributed by atoms with van der Waals surface area (Å²) in [7, 11) is 0. The number of hydrogen-bond acceptors (Lipinski definition) is 5. The summed E-state index contributed by atoms with van der Waals surface area (Å²) in [5.41, 5.74) is 1.13. The third kappa shape index (κ3) is 4.73. The molecule has 1 aromatic carbocycles. The first-order valence-corrected chi connectivity index (χ1v) is 9.84. The van der Waals surface area contributed by atoms with E-state index in [1.165, 1.54) is 11.3 Å². The number of nitrogens with zero attached hydrogens (tertiary/aromatic N) is 3. The zero-order chi connectivity index (χ0) is 19.2. The number of nitriles is 1. The van der Waals surface area contributed by atoms with Gasteiger partial charge in [0.05, 0.1) is 22.6 Å². The maximum atomic E-state index is 12.6. The van der Waals surface area contributed by atoms with Crippen LogP contribution in [-0.2, 0) is 4.79 Å². The van der Waals surface area contributed by atoms with Crippen LogP contribution in [0.5, 0.6) is 0 Å². The van der Waals surface area contributed by atoms with Crippen LogP contribution in [0.15, 0.2) is 41.8 Å². The van der Waals surface area contributed by atoms with E-state index in [0.717, 1.165) is 17.8 Å². The van der Waals surface area contributed by atoms with Crippen molar-refractivity contribution in [3.05, 3.63) is 52.2 Å². The van der Waals surface area contributed by atoms with E-state index in [-0.39, 0.29) is 17.9 Å². The molecule has 0 aliphatic carbocycles. The highest BCUT2D eigenvalue weighted by molar-refractivity contribution is 7.12. The molecule has 6 nitrogen and oxygen atoms in total. The number of carbonyl (C=O) groups is 2. The van der Waals surface area contributed by atoms with Gasteiger partial charge in [-0.1, -0.05) is 12.1 Å². The van der Waals surface area contributed by atoms with E-state index >= 15 is 0 Å². The minimum absolute atomic E-state index is 0.0669. The molecule has 1 aromatic heterocycles. The van der Waals surface area contributed by atoms with Gasteiger partial charge in [0.25, 0.3) is 5.91 Å². The normalized spacial score (nSPS) is 16.2. The van der Waals surface area contributed by atoms with Gasteiger partial charge < -0.3 is 10.2 Å². The van der Waals surface area contributed by atoms with Crippen LogP contribution in [0, 0.1) is 11.3 Å². The van der Waals surface area contributed by atoms with Gasteiger partial charge in [0.1, 0.15) is 0 Å². The fourth-order valence-electron chi connectivity index (χ4n) is 3.16. The van der Waals surface area contributed by atoms with Gasteiger partial charge in [0.15, 0.2) is 0 Å². The van der Waals surface area contributed by atoms with E-state index in [2.05, 4.69) is 16.3 Å². The first kappa shape index (κ1) is 19.1. The second-order valence-corrected chi connectivity index (χ2v) is 7.46. The van der Waals surface area contributed by atoms with E-state index in [0.29, 0.717) is 30.9 Å². The number of hydrogen-bond donors (Lipinski definition) is 1. The molecule has 2 amide bonds. The predicted octanol–water partition coefficient (Wildman–Crippen LogP) is 2.79. The highest BCUT2D eigenvalue weighted by Crippen LogP contribution is 2.16. The van der Waals surface area contributed by atoms with Gasteiger partial charge in [-0.25, -0.2) is 0 Å². The van der Waals surface area contributed by atoms with Crippen LogP contribution in [0.1, 0.15) is 28.6 Å². The lowest BCUT2D eigenvalue weighted by atomic mass is 10.2. The minimum Gasteiger partial charge on any atom is -0.337 e. The molecule has 1 unspecified atom stereocenters. The Morgan fingerprint density at radius 2 is 2.04 bits per heavy atom. The highest BCUT2D eigenvalue weighted by atomic mass is 32.1. The molecule has 3 rings (SSSR count). The van der Waals surface area contributed by atoms with Gasteiger partial charge in [-0.05, 0) is 43.0 Å². The summed E-state index contributed by atoms with van der Waals surface area (Å²) in [5, 5.41) is 13.8. The molecule has 1 aliphatic rings. The predicted molar refractivity (Wildman–Crippen MR) is 106 cm³/mol. The Morgan fingerprint density at radius 3 is 2.78 bits per heavy atom. The fourth-order valence-corrected chi connectivity index (χ4v) is 3.85. The topological polar surface area (TPSA) is 76.4 Å². The van der Waals surface area contributed by atoms with Crippen LogP contribution in [0.25, 0.3) is 0 Å². The minimum atomic E-state index is -0.312. The maximum Gasteiger partial charge on any atom is 0.263 e. The second kappa shape index (κ2) is 8.80. The number of nitrogens with one attached hydrogen (secondary N) is 1. The van der Waals surface area contributed by atoms with Crippen molar-refractivity contribution in [3.63, 3.8) is 0 Å². The number of thiophene rings is 1. The summed E-state index contributed by atoms with van der Waals surface area (Å²) in [5.74, 6) is -0.0413. The molecule has 0 saturated carbocycles. The van der Waals surface area contributed by atoms with Crippen LogP contribution < -0.4 is 5.32 Å². The summed E-state index contributed by atoms with van der Waals surface area (Å²) in [6.45, 7) is 4.61. The number of amides is 2. The molecule has 7 heteroatoms. The Morgan fingerprint density at radius 1 is 1.19 bits per heavy atom. The van der Waals surface area contributed by atoms with E-state index < -0.39 is 0 Å². The van der Waals surface area contributed by atoms with E-state index in [4.69, 9.17) is 5.26 Å². The van der Waals surface area contributed by atoms with Crippen LogP contribution in [-0.4, -0.2) is 53.8 Å².